The van der Waals surface area contributed by atoms with Crippen LogP contribution in [0.1, 0.15) is 35.1 Å². The second kappa shape index (κ2) is 10.1. The lowest BCUT2D eigenvalue weighted by molar-refractivity contribution is -0.129. The number of rotatable bonds is 6. The second-order valence-electron chi connectivity index (χ2n) is 6.72. The summed E-state index contributed by atoms with van der Waals surface area (Å²) in [6.45, 7) is 4.92. The smallest absolute Gasteiger partial charge is 0.414 e. The van der Waals surface area contributed by atoms with Gasteiger partial charge in [-0.3, -0.25) is 4.79 Å². The molecule has 2 unspecified atom stereocenters. The number of amides is 2. The van der Waals surface area contributed by atoms with E-state index in [0.29, 0.717) is 16.2 Å². The number of benzene rings is 2. The predicted molar refractivity (Wildman–Crippen MR) is 109 cm³/mol. The molecule has 2 aromatic carbocycles. The topological polar surface area (TPSA) is 130 Å². The maximum absolute atomic E-state index is 13.2. The zero-order valence-electron chi connectivity index (χ0n) is 17.2. The summed E-state index contributed by atoms with van der Waals surface area (Å²) < 4.78 is 13.2. The largest absolute Gasteiger partial charge is 0.465 e. The monoisotopic (exact) mass is 421 g/mol. The molecule has 31 heavy (non-hydrogen) atoms. The molecule has 1 N–H and O–H groups in total. The minimum absolute atomic E-state index is 0.117. The van der Waals surface area contributed by atoms with E-state index >= 15 is 0 Å². The molecule has 0 spiro atoms. The molecule has 0 aliphatic carbocycles. The van der Waals surface area contributed by atoms with E-state index in [4.69, 9.17) is 5.11 Å². The molecule has 2 atom stereocenters. The van der Waals surface area contributed by atoms with Gasteiger partial charge in [-0.05, 0) is 67.3 Å². The number of azo groups is 1. The van der Waals surface area contributed by atoms with E-state index in [9.17, 15) is 24.5 Å². The molecule has 0 aliphatic heterocycles. The fraction of sp³-hybridized carbons (Fsp3) is 0.273. The molecule has 0 aromatic heterocycles. The van der Waals surface area contributed by atoms with Crippen LogP contribution >= 0.6 is 0 Å². The van der Waals surface area contributed by atoms with Crippen LogP contribution in [0, 0.1) is 42.3 Å². The molecule has 0 aliphatic rings. The van der Waals surface area contributed by atoms with E-state index in [0.717, 1.165) is 16.7 Å². The van der Waals surface area contributed by atoms with E-state index in [1.807, 2.05) is 0 Å². The van der Waals surface area contributed by atoms with Crippen LogP contribution in [0.2, 0.25) is 0 Å². The van der Waals surface area contributed by atoms with E-state index < -0.39 is 29.8 Å². The first-order chi connectivity index (χ1) is 14.7. The Bertz CT molecular complexity index is 1080. The number of carbonyl (C=O) groups is 2. The summed E-state index contributed by atoms with van der Waals surface area (Å²) in [7, 11) is 0. The van der Waals surface area contributed by atoms with Crippen LogP contribution < -0.4 is 0 Å². The van der Waals surface area contributed by atoms with Crippen LogP contribution in [-0.4, -0.2) is 34.6 Å². The van der Waals surface area contributed by atoms with Gasteiger partial charge in [0.1, 0.15) is 11.9 Å². The molecule has 0 bridgehead atoms. The molecule has 0 saturated carbocycles. The van der Waals surface area contributed by atoms with Gasteiger partial charge >= 0.3 is 6.09 Å². The number of carbonyl (C=O) groups excluding carboxylic acids is 1. The summed E-state index contributed by atoms with van der Waals surface area (Å²) in [6, 6.07) is 11.3. The maximum atomic E-state index is 13.2. The van der Waals surface area contributed by atoms with Crippen LogP contribution in [0.4, 0.5) is 14.9 Å². The summed E-state index contributed by atoms with van der Waals surface area (Å²) in [6.07, 6.45) is -1.47. The van der Waals surface area contributed by atoms with Crippen molar-refractivity contribution in [2.45, 2.75) is 32.7 Å². The normalized spacial score (nSPS) is 12.6. The lowest BCUT2D eigenvalue weighted by atomic mass is 9.86. The fourth-order valence-corrected chi connectivity index (χ4v) is 3.21. The molecular weight excluding hydrogens is 401 g/mol. The highest BCUT2D eigenvalue weighted by molar-refractivity contribution is 5.95. The lowest BCUT2D eigenvalue weighted by Gasteiger charge is -2.17. The zero-order valence-corrected chi connectivity index (χ0v) is 17.2. The molecule has 0 fully saturated rings. The highest BCUT2D eigenvalue weighted by Gasteiger charge is 2.27. The van der Waals surface area contributed by atoms with Crippen molar-refractivity contribution in [2.24, 2.45) is 10.2 Å². The number of carboxylic acid groups (broad SMARTS) is 1. The Kier molecular flexibility index (Phi) is 7.53. The molecule has 0 heterocycles. The minimum Gasteiger partial charge on any atom is -0.465 e. The van der Waals surface area contributed by atoms with Crippen LogP contribution in [0.3, 0.4) is 0 Å². The van der Waals surface area contributed by atoms with Crippen LogP contribution in [0.5, 0.6) is 0 Å². The highest BCUT2D eigenvalue weighted by Crippen LogP contribution is 2.32. The number of nitrogens with zero attached hydrogens (tertiary/aromatic N) is 5. The summed E-state index contributed by atoms with van der Waals surface area (Å²) in [5.41, 5.74) is 3.19. The van der Waals surface area contributed by atoms with Crippen molar-refractivity contribution in [3.63, 3.8) is 0 Å². The standard InChI is InChI=1S/C22H20FN5O3/c1-4-28(22(30)31)21(29)19(12-25)27-26-17-9-13(2)20(14(3)10-17)18(11-24)15-5-7-16(23)8-6-15/h5-10,18-19H,4H2,1-3H3,(H,30,31). The number of nitriles is 2. The van der Waals surface area contributed by atoms with Gasteiger partial charge in [-0.25, -0.2) is 14.1 Å². The first-order valence-electron chi connectivity index (χ1n) is 9.34. The Hall–Kier alpha value is -4.11. The van der Waals surface area contributed by atoms with Crippen molar-refractivity contribution in [3.05, 3.63) is 64.5 Å². The van der Waals surface area contributed by atoms with Crippen molar-refractivity contribution >= 4 is 17.7 Å². The van der Waals surface area contributed by atoms with E-state index in [-0.39, 0.29) is 6.54 Å². The summed E-state index contributed by atoms with van der Waals surface area (Å²) in [5, 5.41) is 35.6. The van der Waals surface area contributed by atoms with Crippen molar-refractivity contribution in [2.75, 3.05) is 6.54 Å². The summed E-state index contributed by atoms with van der Waals surface area (Å²) in [4.78, 5) is 23.8. The van der Waals surface area contributed by atoms with E-state index in [1.165, 1.54) is 19.1 Å². The van der Waals surface area contributed by atoms with E-state index in [2.05, 4.69) is 16.3 Å². The predicted octanol–water partition coefficient (Wildman–Crippen LogP) is 4.60. The number of hydrogen-bond donors (Lipinski definition) is 1. The van der Waals surface area contributed by atoms with Gasteiger partial charge < -0.3 is 5.11 Å². The van der Waals surface area contributed by atoms with Gasteiger partial charge in [-0.15, -0.1) is 0 Å². The quantitative estimate of drug-likeness (QED) is 0.681. The Morgan fingerprint density at radius 1 is 1.13 bits per heavy atom. The Morgan fingerprint density at radius 3 is 2.16 bits per heavy atom. The van der Waals surface area contributed by atoms with Gasteiger partial charge in [-0.1, -0.05) is 12.1 Å². The lowest BCUT2D eigenvalue weighted by Crippen LogP contribution is -2.41. The molecule has 2 rings (SSSR count). The second-order valence-corrected chi connectivity index (χ2v) is 6.72. The first kappa shape index (κ1) is 23.2. The van der Waals surface area contributed by atoms with Crippen molar-refractivity contribution < 1.29 is 19.1 Å². The SMILES string of the molecule is CCN(C(=O)O)C(=O)C(C#N)N=Nc1cc(C)c(C(C#N)c2ccc(F)cc2)c(C)c1. The van der Waals surface area contributed by atoms with E-state index in [1.54, 1.807) is 44.2 Å². The summed E-state index contributed by atoms with van der Waals surface area (Å²) in [5.74, 6) is -1.99. The third-order valence-corrected chi connectivity index (χ3v) is 4.66. The molecule has 0 saturated heterocycles. The minimum atomic E-state index is -1.59. The average molecular weight is 421 g/mol. The van der Waals surface area contributed by atoms with Gasteiger partial charge in [0, 0.05) is 6.54 Å². The van der Waals surface area contributed by atoms with Crippen molar-refractivity contribution in [1.82, 2.24) is 4.90 Å². The summed E-state index contributed by atoms with van der Waals surface area (Å²) >= 11 is 0. The molecule has 2 aromatic rings. The van der Waals surface area contributed by atoms with Gasteiger partial charge in [0.05, 0.1) is 17.7 Å². The molecule has 8 nitrogen and oxygen atoms in total. The number of aryl methyl sites for hydroxylation is 2. The number of imide groups is 1. The van der Waals surface area contributed by atoms with Gasteiger partial charge in [0.15, 0.2) is 0 Å². The average Bonchev–Trinajstić information content (AvgIpc) is 2.72. The Balaban J connectivity index is 2.36. The number of hydrogen-bond acceptors (Lipinski definition) is 6. The molecule has 0 radical (unpaired) electrons. The molecule has 158 valence electrons. The molecule has 2 amide bonds. The maximum Gasteiger partial charge on any atom is 0.414 e. The van der Waals surface area contributed by atoms with Gasteiger partial charge in [-0.2, -0.15) is 20.8 Å². The van der Waals surface area contributed by atoms with Crippen LogP contribution in [-0.2, 0) is 4.79 Å². The van der Waals surface area contributed by atoms with Crippen LogP contribution in [0.15, 0.2) is 46.6 Å². The van der Waals surface area contributed by atoms with Gasteiger partial charge in [0.2, 0.25) is 6.04 Å². The van der Waals surface area contributed by atoms with Gasteiger partial charge in [0.25, 0.3) is 5.91 Å². The Morgan fingerprint density at radius 2 is 1.71 bits per heavy atom. The number of likely N-dealkylation sites (N-methyl/N-ethyl adjacent to an activating group) is 1. The number of halogens is 1. The molecular formula is C22H20FN5O3. The van der Waals surface area contributed by atoms with Crippen LogP contribution in [0.25, 0.3) is 0 Å². The van der Waals surface area contributed by atoms with Crippen molar-refractivity contribution in [3.8, 4) is 12.1 Å². The van der Waals surface area contributed by atoms with Crippen molar-refractivity contribution in [1.29, 1.82) is 10.5 Å². The first-order valence-corrected chi connectivity index (χ1v) is 9.34. The Labute approximate surface area is 178 Å². The fourth-order valence-electron chi connectivity index (χ4n) is 3.21. The third-order valence-electron chi connectivity index (χ3n) is 4.66. The highest BCUT2D eigenvalue weighted by atomic mass is 19.1. The third kappa shape index (κ3) is 5.28. The molecule has 9 heteroatoms. The zero-order chi connectivity index (χ0) is 23.1.